The van der Waals surface area contributed by atoms with E-state index in [-0.39, 0.29) is 12.5 Å². The SMILES string of the molecule is CCN(CC(N)=O)c1nc(N)nc(-n2ccnc2)n1. The van der Waals surface area contributed by atoms with E-state index < -0.39 is 5.91 Å². The lowest BCUT2D eigenvalue weighted by molar-refractivity contribution is -0.116. The van der Waals surface area contributed by atoms with Crippen LogP contribution in [0.15, 0.2) is 18.7 Å². The van der Waals surface area contributed by atoms with Gasteiger partial charge in [-0.15, -0.1) is 0 Å². The smallest absolute Gasteiger partial charge is 0.241 e. The fourth-order valence-corrected chi connectivity index (χ4v) is 1.52. The number of carbonyl (C=O) groups excluding carboxylic acids is 1. The van der Waals surface area contributed by atoms with E-state index in [1.165, 1.54) is 0 Å². The Morgan fingerprint density at radius 3 is 2.79 bits per heavy atom. The van der Waals surface area contributed by atoms with Crippen molar-refractivity contribution in [1.82, 2.24) is 24.5 Å². The van der Waals surface area contributed by atoms with Crippen molar-refractivity contribution in [1.29, 1.82) is 0 Å². The maximum absolute atomic E-state index is 11.0. The van der Waals surface area contributed by atoms with Crippen molar-refractivity contribution in [3.8, 4) is 5.95 Å². The van der Waals surface area contributed by atoms with Crippen molar-refractivity contribution >= 4 is 17.8 Å². The first kappa shape index (κ1) is 12.7. The molecule has 100 valence electrons. The molecule has 0 aliphatic carbocycles. The van der Waals surface area contributed by atoms with Crippen LogP contribution in [0.5, 0.6) is 0 Å². The predicted molar refractivity (Wildman–Crippen MR) is 68.4 cm³/mol. The van der Waals surface area contributed by atoms with Crippen molar-refractivity contribution in [3.63, 3.8) is 0 Å². The zero-order valence-corrected chi connectivity index (χ0v) is 10.4. The molecule has 0 bridgehead atoms. The number of carbonyl (C=O) groups is 1. The van der Waals surface area contributed by atoms with Gasteiger partial charge in [0.25, 0.3) is 0 Å². The van der Waals surface area contributed by atoms with E-state index in [1.807, 2.05) is 6.92 Å². The molecule has 2 aromatic rings. The number of likely N-dealkylation sites (N-methyl/N-ethyl adjacent to an activating group) is 1. The van der Waals surface area contributed by atoms with Crippen molar-refractivity contribution in [2.45, 2.75) is 6.92 Å². The van der Waals surface area contributed by atoms with Gasteiger partial charge in [0.1, 0.15) is 6.33 Å². The number of hydrogen-bond donors (Lipinski definition) is 2. The second-order valence-electron chi connectivity index (χ2n) is 3.74. The Hall–Kier alpha value is -2.71. The lowest BCUT2D eigenvalue weighted by Gasteiger charge is -2.19. The van der Waals surface area contributed by atoms with E-state index in [4.69, 9.17) is 11.5 Å². The topological polar surface area (TPSA) is 129 Å². The Kier molecular flexibility index (Phi) is 3.55. The summed E-state index contributed by atoms with van der Waals surface area (Å²) >= 11 is 0. The highest BCUT2D eigenvalue weighted by atomic mass is 16.1. The Morgan fingerprint density at radius 1 is 1.42 bits per heavy atom. The summed E-state index contributed by atoms with van der Waals surface area (Å²) in [5, 5.41) is 0. The van der Waals surface area contributed by atoms with Gasteiger partial charge in [-0.25, -0.2) is 4.98 Å². The van der Waals surface area contributed by atoms with Crippen LogP contribution in [0.25, 0.3) is 5.95 Å². The van der Waals surface area contributed by atoms with Crippen LogP contribution in [-0.2, 0) is 4.79 Å². The molecule has 0 saturated heterocycles. The van der Waals surface area contributed by atoms with Crippen molar-refractivity contribution in [2.24, 2.45) is 5.73 Å². The molecular weight excluding hydrogens is 248 g/mol. The standard InChI is InChI=1S/C10H14N8O/c1-2-17(5-7(11)19)9-14-8(12)15-10(16-9)18-4-3-13-6-18/h3-4,6H,2,5H2,1H3,(H2,11,19)(H2,12,14,15,16). The molecule has 4 N–H and O–H groups in total. The van der Waals surface area contributed by atoms with Crippen molar-refractivity contribution < 1.29 is 4.79 Å². The fourth-order valence-electron chi connectivity index (χ4n) is 1.52. The first-order chi connectivity index (χ1) is 9.10. The third-order valence-corrected chi connectivity index (χ3v) is 2.38. The van der Waals surface area contributed by atoms with E-state index in [0.717, 1.165) is 0 Å². The minimum absolute atomic E-state index is 0.0172. The number of aromatic nitrogens is 5. The Morgan fingerprint density at radius 2 is 2.21 bits per heavy atom. The predicted octanol–water partition coefficient (Wildman–Crippen LogP) is -1.05. The third-order valence-electron chi connectivity index (χ3n) is 2.38. The summed E-state index contributed by atoms with van der Waals surface area (Å²) in [5.41, 5.74) is 10.8. The van der Waals surface area contributed by atoms with Gasteiger partial charge in [0.05, 0.1) is 6.54 Å². The molecule has 0 aliphatic rings. The number of nitrogen functional groups attached to an aromatic ring is 1. The van der Waals surface area contributed by atoms with E-state index in [9.17, 15) is 4.79 Å². The van der Waals surface area contributed by atoms with Gasteiger partial charge in [0, 0.05) is 18.9 Å². The van der Waals surface area contributed by atoms with E-state index in [0.29, 0.717) is 18.4 Å². The van der Waals surface area contributed by atoms with Gasteiger partial charge in [0.2, 0.25) is 23.8 Å². The molecule has 1 amide bonds. The van der Waals surface area contributed by atoms with Crippen LogP contribution in [0.3, 0.4) is 0 Å². The molecule has 9 nitrogen and oxygen atoms in total. The van der Waals surface area contributed by atoms with E-state index >= 15 is 0 Å². The van der Waals surface area contributed by atoms with Crippen LogP contribution >= 0.6 is 0 Å². The van der Waals surface area contributed by atoms with Gasteiger partial charge < -0.3 is 16.4 Å². The monoisotopic (exact) mass is 262 g/mol. The second kappa shape index (κ2) is 5.29. The molecule has 2 aromatic heterocycles. The molecule has 0 radical (unpaired) electrons. The third kappa shape index (κ3) is 2.94. The largest absolute Gasteiger partial charge is 0.368 e. The summed E-state index contributed by atoms with van der Waals surface area (Å²) in [6.07, 6.45) is 4.83. The molecule has 0 fully saturated rings. The van der Waals surface area contributed by atoms with Crippen molar-refractivity contribution in [3.05, 3.63) is 18.7 Å². The van der Waals surface area contributed by atoms with Gasteiger partial charge in [-0.1, -0.05) is 0 Å². The number of primary amides is 1. The van der Waals surface area contributed by atoms with Crippen LogP contribution in [0.1, 0.15) is 6.92 Å². The van der Waals surface area contributed by atoms with E-state index in [2.05, 4.69) is 19.9 Å². The van der Waals surface area contributed by atoms with Crippen LogP contribution in [0, 0.1) is 0 Å². The summed E-state index contributed by atoms with van der Waals surface area (Å²) in [6.45, 7) is 2.40. The first-order valence-electron chi connectivity index (χ1n) is 5.63. The molecule has 0 spiro atoms. The summed E-state index contributed by atoms with van der Waals surface area (Å²) in [5.74, 6) is 0.238. The number of nitrogens with zero attached hydrogens (tertiary/aromatic N) is 6. The van der Waals surface area contributed by atoms with Crippen molar-refractivity contribution in [2.75, 3.05) is 23.7 Å². The van der Waals surface area contributed by atoms with Gasteiger partial charge >= 0.3 is 0 Å². The molecule has 0 saturated carbocycles. The van der Waals surface area contributed by atoms with Crippen LogP contribution < -0.4 is 16.4 Å². The number of rotatable bonds is 5. The molecular formula is C10H14N8O. The second-order valence-corrected chi connectivity index (χ2v) is 3.74. The molecule has 2 rings (SSSR count). The van der Waals surface area contributed by atoms with Gasteiger partial charge in [-0.2, -0.15) is 15.0 Å². The molecule has 0 aromatic carbocycles. The Labute approximate surface area is 109 Å². The quantitative estimate of drug-likeness (QED) is 0.703. The highest BCUT2D eigenvalue weighted by molar-refractivity contribution is 5.78. The lowest BCUT2D eigenvalue weighted by atomic mass is 10.5. The average Bonchev–Trinajstić information content (AvgIpc) is 2.88. The molecule has 0 aliphatic heterocycles. The molecule has 0 atom stereocenters. The Bertz CT molecular complexity index is 567. The van der Waals surface area contributed by atoms with Gasteiger partial charge in [-0.3, -0.25) is 9.36 Å². The first-order valence-corrected chi connectivity index (χ1v) is 5.63. The minimum atomic E-state index is -0.468. The minimum Gasteiger partial charge on any atom is -0.368 e. The summed E-state index contributed by atoms with van der Waals surface area (Å²) < 4.78 is 1.60. The number of amides is 1. The Balaban J connectivity index is 2.38. The van der Waals surface area contributed by atoms with Crippen LogP contribution in [0.4, 0.5) is 11.9 Å². The highest BCUT2D eigenvalue weighted by Crippen LogP contribution is 2.11. The summed E-state index contributed by atoms with van der Waals surface area (Å²) in [4.78, 5) is 28.8. The van der Waals surface area contributed by atoms with Crippen LogP contribution in [0.2, 0.25) is 0 Å². The molecule has 9 heteroatoms. The zero-order chi connectivity index (χ0) is 13.8. The lowest BCUT2D eigenvalue weighted by Crippen LogP contribution is -2.35. The number of anilines is 2. The molecule has 2 heterocycles. The number of hydrogen-bond acceptors (Lipinski definition) is 7. The zero-order valence-electron chi connectivity index (χ0n) is 10.4. The number of nitrogens with two attached hydrogens (primary N) is 2. The number of imidazole rings is 1. The summed E-state index contributed by atoms with van der Waals surface area (Å²) in [6, 6.07) is 0. The maximum Gasteiger partial charge on any atom is 0.241 e. The average molecular weight is 262 g/mol. The van der Waals surface area contributed by atoms with Gasteiger partial charge in [0.15, 0.2) is 0 Å². The summed E-state index contributed by atoms with van der Waals surface area (Å²) in [7, 11) is 0. The fraction of sp³-hybridized carbons (Fsp3) is 0.300. The van der Waals surface area contributed by atoms with E-state index in [1.54, 1.807) is 28.2 Å². The van der Waals surface area contributed by atoms with Crippen LogP contribution in [-0.4, -0.2) is 43.5 Å². The highest BCUT2D eigenvalue weighted by Gasteiger charge is 2.13. The molecule has 0 unspecified atom stereocenters. The normalized spacial score (nSPS) is 10.4. The maximum atomic E-state index is 11.0. The molecule has 19 heavy (non-hydrogen) atoms. The van der Waals surface area contributed by atoms with Gasteiger partial charge in [-0.05, 0) is 6.92 Å².